The predicted octanol–water partition coefficient (Wildman–Crippen LogP) is 3.76. The van der Waals surface area contributed by atoms with Crippen molar-refractivity contribution < 1.29 is 9.15 Å². The van der Waals surface area contributed by atoms with Gasteiger partial charge in [-0.1, -0.05) is 29.3 Å². The molecule has 5 heteroatoms. The van der Waals surface area contributed by atoms with Crippen LogP contribution in [-0.4, -0.2) is 13.2 Å². The summed E-state index contributed by atoms with van der Waals surface area (Å²) < 4.78 is 10.5. The Morgan fingerprint density at radius 2 is 2.11 bits per heavy atom. The van der Waals surface area contributed by atoms with Crippen molar-refractivity contribution in [1.82, 2.24) is 5.32 Å². The zero-order valence-electron chi connectivity index (χ0n) is 9.66. The molecule has 0 amide bonds. The van der Waals surface area contributed by atoms with Gasteiger partial charge in [0.1, 0.15) is 17.4 Å². The maximum absolute atomic E-state index is 6.00. The van der Waals surface area contributed by atoms with E-state index in [1.165, 1.54) is 0 Å². The van der Waals surface area contributed by atoms with Gasteiger partial charge in [-0.2, -0.15) is 0 Å². The van der Waals surface area contributed by atoms with Crippen molar-refractivity contribution in [2.45, 2.75) is 6.54 Å². The second kappa shape index (κ2) is 6.69. The Kier molecular flexibility index (Phi) is 4.93. The molecule has 0 spiro atoms. The molecule has 2 rings (SSSR count). The van der Waals surface area contributed by atoms with E-state index in [1.54, 1.807) is 24.7 Å². The third-order valence-electron chi connectivity index (χ3n) is 2.36. The third kappa shape index (κ3) is 3.67. The minimum absolute atomic E-state index is 0.453. The highest BCUT2D eigenvalue weighted by atomic mass is 35.5. The molecule has 0 fully saturated rings. The van der Waals surface area contributed by atoms with Crippen LogP contribution in [0, 0.1) is 0 Å². The average Bonchev–Trinajstić information content (AvgIpc) is 2.87. The Labute approximate surface area is 116 Å². The molecule has 0 unspecified atom stereocenters. The quantitative estimate of drug-likeness (QED) is 0.821. The van der Waals surface area contributed by atoms with Gasteiger partial charge in [0.25, 0.3) is 0 Å². The first-order valence-corrected chi connectivity index (χ1v) is 6.31. The highest BCUT2D eigenvalue weighted by molar-refractivity contribution is 6.42. The summed E-state index contributed by atoms with van der Waals surface area (Å²) in [6.45, 7) is 2.00. The molecule has 0 aliphatic heterocycles. The van der Waals surface area contributed by atoms with Crippen LogP contribution in [0.15, 0.2) is 41.2 Å². The van der Waals surface area contributed by atoms with E-state index in [-0.39, 0.29) is 0 Å². The predicted molar refractivity (Wildman–Crippen MR) is 72.4 cm³/mol. The maximum Gasteiger partial charge on any atom is 0.139 e. The van der Waals surface area contributed by atoms with Gasteiger partial charge < -0.3 is 14.5 Å². The lowest BCUT2D eigenvalue weighted by Gasteiger charge is -2.09. The van der Waals surface area contributed by atoms with Crippen LogP contribution in [0.25, 0.3) is 0 Å². The fourth-order valence-electron chi connectivity index (χ4n) is 1.45. The van der Waals surface area contributed by atoms with Gasteiger partial charge in [0.05, 0.1) is 17.5 Å². The number of halogens is 2. The molecule has 0 saturated carbocycles. The third-order valence-corrected chi connectivity index (χ3v) is 3.16. The largest absolute Gasteiger partial charge is 0.491 e. The summed E-state index contributed by atoms with van der Waals surface area (Å²) in [5, 5.41) is 4.18. The van der Waals surface area contributed by atoms with Gasteiger partial charge in [0.2, 0.25) is 0 Å². The second-order valence-electron chi connectivity index (χ2n) is 3.71. The van der Waals surface area contributed by atoms with Crippen LogP contribution in [0.3, 0.4) is 0 Å². The molecule has 0 atom stereocenters. The Bertz CT molecular complexity index is 486. The van der Waals surface area contributed by atoms with Crippen LogP contribution in [0.4, 0.5) is 0 Å². The van der Waals surface area contributed by atoms with E-state index in [1.807, 2.05) is 12.1 Å². The van der Waals surface area contributed by atoms with Gasteiger partial charge >= 0.3 is 0 Å². The Balaban J connectivity index is 1.70. The molecule has 1 heterocycles. The van der Waals surface area contributed by atoms with E-state index in [4.69, 9.17) is 32.4 Å². The molecule has 1 aromatic carbocycles. The smallest absolute Gasteiger partial charge is 0.139 e. The molecule has 3 nitrogen and oxygen atoms in total. The first-order valence-electron chi connectivity index (χ1n) is 5.56. The minimum Gasteiger partial charge on any atom is -0.491 e. The first-order chi connectivity index (χ1) is 8.77. The number of nitrogens with one attached hydrogen (secondary N) is 1. The molecular weight excluding hydrogens is 273 g/mol. The number of ether oxygens (including phenoxy) is 1. The lowest BCUT2D eigenvalue weighted by molar-refractivity contribution is 0.314. The van der Waals surface area contributed by atoms with Crippen LogP contribution in [0.2, 0.25) is 10.0 Å². The summed E-state index contributed by atoms with van der Waals surface area (Å²) >= 11 is 11.9. The highest BCUT2D eigenvalue weighted by Gasteiger charge is 2.04. The SMILES string of the molecule is Clc1cccc(OCCNCc2ccoc2)c1Cl. The van der Waals surface area contributed by atoms with Gasteiger partial charge in [-0.05, 0) is 18.2 Å². The molecule has 0 aliphatic carbocycles. The highest BCUT2D eigenvalue weighted by Crippen LogP contribution is 2.31. The molecule has 0 radical (unpaired) electrons. The monoisotopic (exact) mass is 285 g/mol. The molecule has 0 bridgehead atoms. The van der Waals surface area contributed by atoms with Crippen molar-refractivity contribution >= 4 is 23.2 Å². The lowest BCUT2D eigenvalue weighted by Crippen LogP contribution is -2.20. The number of hydrogen-bond donors (Lipinski definition) is 1. The van der Waals surface area contributed by atoms with Crippen LogP contribution in [0.5, 0.6) is 5.75 Å². The fraction of sp³-hybridized carbons (Fsp3) is 0.231. The van der Waals surface area contributed by atoms with Gasteiger partial charge in [0, 0.05) is 18.7 Å². The Morgan fingerprint density at radius 3 is 2.89 bits per heavy atom. The Hall–Kier alpha value is -1.16. The van der Waals surface area contributed by atoms with Crippen molar-refractivity contribution in [3.05, 3.63) is 52.4 Å². The van der Waals surface area contributed by atoms with E-state index in [9.17, 15) is 0 Å². The molecule has 2 aromatic rings. The zero-order chi connectivity index (χ0) is 12.8. The Morgan fingerprint density at radius 1 is 1.22 bits per heavy atom. The molecule has 1 N–H and O–H groups in total. The first kappa shape index (κ1) is 13.3. The van der Waals surface area contributed by atoms with Crippen molar-refractivity contribution in [3.8, 4) is 5.75 Å². The zero-order valence-corrected chi connectivity index (χ0v) is 11.2. The van der Waals surface area contributed by atoms with E-state index >= 15 is 0 Å². The average molecular weight is 286 g/mol. The minimum atomic E-state index is 0.453. The molecular formula is C13H13Cl2NO2. The van der Waals surface area contributed by atoms with Crippen molar-refractivity contribution in [2.75, 3.05) is 13.2 Å². The summed E-state index contributed by atoms with van der Waals surface area (Å²) in [4.78, 5) is 0. The van der Waals surface area contributed by atoms with Crippen LogP contribution in [0.1, 0.15) is 5.56 Å². The molecule has 0 saturated heterocycles. The summed E-state index contributed by atoms with van der Waals surface area (Å²) in [5.41, 5.74) is 1.11. The van der Waals surface area contributed by atoms with Gasteiger partial charge in [-0.25, -0.2) is 0 Å². The fourth-order valence-corrected chi connectivity index (χ4v) is 1.80. The van der Waals surface area contributed by atoms with E-state index in [0.717, 1.165) is 12.1 Å². The number of hydrogen-bond acceptors (Lipinski definition) is 3. The summed E-state index contributed by atoms with van der Waals surface area (Å²) in [6.07, 6.45) is 3.36. The topological polar surface area (TPSA) is 34.4 Å². The molecule has 1 aromatic heterocycles. The van der Waals surface area contributed by atoms with Gasteiger partial charge in [-0.15, -0.1) is 0 Å². The van der Waals surface area contributed by atoms with E-state index < -0.39 is 0 Å². The van der Waals surface area contributed by atoms with Crippen LogP contribution < -0.4 is 10.1 Å². The number of benzene rings is 1. The van der Waals surface area contributed by atoms with Crippen molar-refractivity contribution in [1.29, 1.82) is 0 Å². The maximum atomic E-state index is 6.00. The summed E-state index contributed by atoms with van der Waals surface area (Å²) in [6, 6.07) is 7.25. The standard InChI is InChI=1S/C13H13Cl2NO2/c14-11-2-1-3-12(13(11)15)18-7-5-16-8-10-4-6-17-9-10/h1-4,6,9,16H,5,7-8H2. The van der Waals surface area contributed by atoms with Gasteiger partial charge in [0.15, 0.2) is 0 Å². The number of rotatable bonds is 6. The number of furan rings is 1. The molecule has 18 heavy (non-hydrogen) atoms. The van der Waals surface area contributed by atoms with Crippen LogP contribution >= 0.6 is 23.2 Å². The van der Waals surface area contributed by atoms with Crippen molar-refractivity contribution in [2.24, 2.45) is 0 Å². The van der Waals surface area contributed by atoms with Gasteiger partial charge in [-0.3, -0.25) is 0 Å². The summed E-state index contributed by atoms with van der Waals surface area (Å²) in [5.74, 6) is 0.606. The lowest BCUT2D eigenvalue weighted by atomic mass is 10.3. The van der Waals surface area contributed by atoms with Crippen LogP contribution in [-0.2, 0) is 6.54 Å². The normalized spacial score (nSPS) is 10.6. The molecule has 96 valence electrons. The summed E-state index contributed by atoms with van der Waals surface area (Å²) in [7, 11) is 0. The van der Waals surface area contributed by atoms with E-state index in [0.29, 0.717) is 28.9 Å². The van der Waals surface area contributed by atoms with Crippen molar-refractivity contribution in [3.63, 3.8) is 0 Å². The second-order valence-corrected chi connectivity index (χ2v) is 4.49. The van der Waals surface area contributed by atoms with E-state index in [2.05, 4.69) is 5.32 Å². The molecule has 0 aliphatic rings.